The largest absolute Gasteiger partial charge is 0.457 e. The standard InChI is InChI=1S/C23H24N4O3/c1-17-15-22(27-11-13-29-14-12-27)26-21(25-17)16-24-23(28)19-9-5-6-10-20(19)30-18-7-3-2-4-8-18/h2-10,15H,11-14,16H2,1H3,(H,24,28). The van der Waals surface area contributed by atoms with Gasteiger partial charge in [0.1, 0.15) is 23.1 Å². The number of aryl methyl sites for hydroxylation is 1. The molecule has 0 radical (unpaired) electrons. The number of ether oxygens (including phenoxy) is 2. The molecule has 1 aliphatic rings. The van der Waals surface area contributed by atoms with Crippen LogP contribution in [-0.2, 0) is 11.3 Å². The maximum Gasteiger partial charge on any atom is 0.255 e. The summed E-state index contributed by atoms with van der Waals surface area (Å²) < 4.78 is 11.3. The van der Waals surface area contributed by atoms with Crippen LogP contribution in [0.3, 0.4) is 0 Å². The molecule has 1 N–H and O–H groups in total. The minimum absolute atomic E-state index is 0.234. The second-order valence-corrected chi connectivity index (χ2v) is 6.98. The maximum atomic E-state index is 12.8. The first-order chi connectivity index (χ1) is 14.7. The van der Waals surface area contributed by atoms with Crippen molar-refractivity contribution in [3.63, 3.8) is 0 Å². The quantitative estimate of drug-likeness (QED) is 0.679. The van der Waals surface area contributed by atoms with E-state index < -0.39 is 0 Å². The first-order valence-electron chi connectivity index (χ1n) is 9.96. The molecule has 0 aliphatic carbocycles. The number of hydrogen-bond acceptors (Lipinski definition) is 6. The molecular weight excluding hydrogens is 380 g/mol. The van der Waals surface area contributed by atoms with Crippen LogP contribution in [-0.4, -0.2) is 42.2 Å². The Hall–Kier alpha value is -3.45. The van der Waals surface area contributed by atoms with Gasteiger partial charge in [-0.2, -0.15) is 0 Å². The zero-order valence-corrected chi connectivity index (χ0v) is 16.9. The van der Waals surface area contributed by atoms with Crippen LogP contribution in [0.2, 0.25) is 0 Å². The lowest BCUT2D eigenvalue weighted by Crippen LogP contribution is -2.37. The van der Waals surface area contributed by atoms with Crippen molar-refractivity contribution in [2.45, 2.75) is 13.5 Å². The SMILES string of the molecule is Cc1cc(N2CCOCC2)nc(CNC(=O)c2ccccc2Oc2ccccc2)n1. The molecular formula is C23H24N4O3. The molecule has 0 saturated carbocycles. The van der Waals surface area contributed by atoms with E-state index in [1.807, 2.05) is 55.5 Å². The fraction of sp³-hybridized carbons (Fsp3) is 0.261. The topological polar surface area (TPSA) is 76.6 Å². The first kappa shape index (κ1) is 19.8. The Bertz CT molecular complexity index is 1000. The van der Waals surface area contributed by atoms with Gasteiger partial charge in [0.05, 0.1) is 25.3 Å². The molecule has 0 unspecified atom stereocenters. The lowest BCUT2D eigenvalue weighted by Gasteiger charge is -2.28. The predicted octanol–water partition coefficient (Wildman–Crippen LogP) is 3.34. The molecule has 1 saturated heterocycles. The van der Waals surface area contributed by atoms with E-state index in [0.717, 1.165) is 24.6 Å². The van der Waals surface area contributed by atoms with Crippen LogP contribution in [0.15, 0.2) is 60.7 Å². The van der Waals surface area contributed by atoms with E-state index in [1.165, 1.54) is 0 Å². The molecule has 7 nitrogen and oxygen atoms in total. The third kappa shape index (κ3) is 4.93. The van der Waals surface area contributed by atoms with Crippen LogP contribution in [0.1, 0.15) is 21.9 Å². The van der Waals surface area contributed by atoms with Crippen LogP contribution in [0.25, 0.3) is 0 Å². The smallest absolute Gasteiger partial charge is 0.255 e. The summed E-state index contributed by atoms with van der Waals surface area (Å²) in [5.74, 6) is 2.38. The Kier molecular flexibility index (Phi) is 6.20. The number of para-hydroxylation sites is 2. The van der Waals surface area contributed by atoms with E-state index in [0.29, 0.717) is 36.1 Å². The van der Waals surface area contributed by atoms with Gasteiger partial charge in [0.25, 0.3) is 5.91 Å². The van der Waals surface area contributed by atoms with Gasteiger partial charge in [-0.3, -0.25) is 4.79 Å². The van der Waals surface area contributed by atoms with Crippen LogP contribution in [0, 0.1) is 6.92 Å². The van der Waals surface area contributed by atoms with Crippen molar-refractivity contribution in [2.24, 2.45) is 0 Å². The van der Waals surface area contributed by atoms with Gasteiger partial charge in [-0.25, -0.2) is 9.97 Å². The van der Waals surface area contributed by atoms with Crippen LogP contribution >= 0.6 is 0 Å². The van der Waals surface area contributed by atoms with Crippen molar-refractivity contribution in [1.82, 2.24) is 15.3 Å². The van der Waals surface area contributed by atoms with Gasteiger partial charge in [-0.15, -0.1) is 0 Å². The number of aromatic nitrogens is 2. The van der Waals surface area contributed by atoms with E-state index in [4.69, 9.17) is 9.47 Å². The predicted molar refractivity (Wildman–Crippen MR) is 114 cm³/mol. The molecule has 7 heteroatoms. The Balaban J connectivity index is 1.46. The summed E-state index contributed by atoms with van der Waals surface area (Å²) in [6, 6.07) is 18.5. The number of benzene rings is 2. The second-order valence-electron chi connectivity index (χ2n) is 6.98. The Morgan fingerprint density at radius 1 is 1.07 bits per heavy atom. The van der Waals surface area contributed by atoms with Crippen molar-refractivity contribution in [1.29, 1.82) is 0 Å². The van der Waals surface area contributed by atoms with E-state index in [2.05, 4.69) is 20.2 Å². The fourth-order valence-electron chi connectivity index (χ4n) is 3.26. The summed E-state index contributed by atoms with van der Waals surface area (Å²) in [6.07, 6.45) is 0. The molecule has 4 rings (SSSR count). The highest BCUT2D eigenvalue weighted by atomic mass is 16.5. The zero-order chi connectivity index (χ0) is 20.8. The molecule has 1 amide bonds. The molecule has 1 aromatic heterocycles. The Labute approximate surface area is 175 Å². The van der Waals surface area contributed by atoms with Crippen LogP contribution < -0.4 is 15.0 Å². The zero-order valence-electron chi connectivity index (χ0n) is 16.9. The van der Waals surface area contributed by atoms with Gasteiger partial charge >= 0.3 is 0 Å². The fourth-order valence-corrected chi connectivity index (χ4v) is 3.26. The molecule has 2 heterocycles. The summed E-state index contributed by atoms with van der Waals surface area (Å²) in [5, 5.41) is 2.91. The molecule has 0 spiro atoms. The van der Waals surface area contributed by atoms with Crippen molar-refractivity contribution >= 4 is 11.7 Å². The summed E-state index contributed by atoms with van der Waals surface area (Å²) in [7, 11) is 0. The maximum absolute atomic E-state index is 12.8. The number of nitrogens with zero attached hydrogens (tertiary/aromatic N) is 3. The third-order valence-corrected chi connectivity index (χ3v) is 4.73. The van der Waals surface area contributed by atoms with Gasteiger partial charge in [0.15, 0.2) is 0 Å². The van der Waals surface area contributed by atoms with Gasteiger partial charge in [-0.1, -0.05) is 30.3 Å². The normalized spacial score (nSPS) is 13.7. The Morgan fingerprint density at radius 2 is 1.80 bits per heavy atom. The highest BCUT2D eigenvalue weighted by Crippen LogP contribution is 2.25. The third-order valence-electron chi connectivity index (χ3n) is 4.73. The van der Waals surface area contributed by atoms with Crippen molar-refractivity contribution in [2.75, 3.05) is 31.2 Å². The number of carbonyl (C=O) groups is 1. The summed E-state index contributed by atoms with van der Waals surface area (Å²) in [4.78, 5) is 24.1. The average molecular weight is 404 g/mol. The molecule has 0 bridgehead atoms. The minimum Gasteiger partial charge on any atom is -0.457 e. The summed E-state index contributed by atoms with van der Waals surface area (Å²) in [6.45, 7) is 5.14. The number of carbonyl (C=O) groups excluding carboxylic acids is 1. The van der Waals surface area contributed by atoms with Crippen LogP contribution in [0.4, 0.5) is 5.82 Å². The molecule has 1 fully saturated rings. The molecule has 154 valence electrons. The van der Waals surface area contributed by atoms with Crippen molar-refractivity contribution in [3.8, 4) is 11.5 Å². The van der Waals surface area contributed by atoms with E-state index >= 15 is 0 Å². The highest BCUT2D eigenvalue weighted by Gasteiger charge is 2.16. The van der Waals surface area contributed by atoms with Crippen LogP contribution in [0.5, 0.6) is 11.5 Å². The highest BCUT2D eigenvalue weighted by molar-refractivity contribution is 5.96. The average Bonchev–Trinajstić information content (AvgIpc) is 2.79. The van der Waals surface area contributed by atoms with Gasteiger partial charge in [0.2, 0.25) is 0 Å². The lowest BCUT2D eigenvalue weighted by molar-refractivity contribution is 0.0947. The van der Waals surface area contributed by atoms with Crippen molar-refractivity contribution < 1.29 is 14.3 Å². The number of hydrogen-bond donors (Lipinski definition) is 1. The van der Waals surface area contributed by atoms with E-state index in [1.54, 1.807) is 12.1 Å². The molecule has 30 heavy (non-hydrogen) atoms. The number of anilines is 1. The van der Waals surface area contributed by atoms with Gasteiger partial charge in [0, 0.05) is 24.8 Å². The van der Waals surface area contributed by atoms with Crippen molar-refractivity contribution in [3.05, 3.63) is 77.7 Å². The second kappa shape index (κ2) is 9.37. The molecule has 1 aliphatic heterocycles. The number of amides is 1. The summed E-state index contributed by atoms with van der Waals surface area (Å²) in [5.41, 5.74) is 1.32. The Morgan fingerprint density at radius 3 is 2.60 bits per heavy atom. The number of rotatable bonds is 6. The molecule has 0 atom stereocenters. The number of morpholine rings is 1. The van der Waals surface area contributed by atoms with Gasteiger partial charge in [-0.05, 0) is 31.2 Å². The lowest BCUT2D eigenvalue weighted by atomic mass is 10.2. The molecule has 3 aromatic rings. The van der Waals surface area contributed by atoms with Gasteiger partial charge < -0.3 is 19.7 Å². The number of nitrogens with one attached hydrogen (secondary N) is 1. The van der Waals surface area contributed by atoms with E-state index in [-0.39, 0.29) is 12.5 Å². The monoisotopic (exact) mass is 404 g/mol. The first-order valence-corrected chi connectivity index (χ1v) is 9.96. The van der Waals surface area contributed by atoms with E-state index in [9.17, 15) is 4.79 Å². The summed E-state index contributed by atoms with van der Waals surface area (Å²) >= 11 is 0. The minimum atomic E-state index is -0.237. The molecule has 2 aromatic carbocycles.